The number of benzene rings is 4. The Morgan fingerprint density at radius 1 is 0.618 bits per heavy atom. The minimum absolute atomic E-state index is 0.0634. The number of fused-ring (bicyclic) bond motifs is 3. The van der Waals surface area contributed by atoms with E-state index in [2.05, 4.69) is 4.98 Å². The van der Waals surface area contributed by atoms with E-state index < -0.39 is 20.6 Å². The normalized spacial score (nSPS) is 16.4. The number of hydrogen-bond acceptors (Lipinski definition) is 2. The number of aromatic nitrogens is 1. The summed E-state index contributed by atoms with van der Waals surface area (Å²) in [6.45, 7) is -7.87. The first kappa shape index (κ1) is 12.9. The predicted molar refractivity (Wildman–Crippen MR) is 142 cm³/mol. The highest BCUT2D eigenvalue weighted by molar-refractivity contribution is 6.11. The van der Waals surface area contributed by atoms with E-state index in [1.165, 1.54) is 6.07 Å². The minimum Gasteiger partial charge on any atom is -0.455 e. The SMILES string of the molecule is [2H]C([2H])([2H])c1cnc(-c2cccc3c2oc2c(C([2H])([2H])[2H])c(-c4ccc(-c5ccccc5)cc4)ccc23)cc1C([2H])([2H])[2H]. The summed E-state index contributed by atoms with van der Waals surface area (Å²) in [4.78, 5) is 4.30. The summed E-state index contributed by atoms with van der Waals surface area (Å²) in [7, 11) is 0. The molecular weight excluding hydrogens is 414 g/mol. The average molecular weight is 449 g/mol. The Bertz CT molecular complexity index is 1970. The molecule has 0 saturated heterocycles. The molecule has 0 unspecified atom stereocenters. The summed E-state index contributed by atoms with van der Waals surface area (Å²) in [5.41, 5.74) is 3.82. The number of aryl methyl sites for hydroxylation is 3. The first-order chi connectivity index (χ1) is 20.2. The van der Waals surface area contributed by atoms with Crippen LogP contribution in [0.2, 0.25) is 0 Å². The van der Waals surface area contributed by atoms with E-state index in [9.17, 15) is 0 Å². The van der Waals surface area contributed by atoms with Gasteiger partial charge in [0.2, 0.25) is 0 Å². The predicted octanol–water partition coefficient (Wildman–Crippen LogP) is 8.91. The molecule has 0 N–H and O–H groups in total. The van der Waals surface area contributed by atoms with Gasteiger partial charge >= 0.3 is 0 Å². The summed E-state index contributed by atoms with van der Waals surface area (Å²) < 4.78 is 78.8. The van der Waals surface area contributed by atoms with E-state index in [0.29, 0.717) is 27.5 Å². The van der Waals surface area contributed by atoms with E-state index in [4.69, 9.17) is 16.8 Å². The van der Waals surface area contributed by atoms with Gasteiger partial charge in [-0.3, -0.25) is 4.98 Å². The van der Waals surface area contributed by atoms with Crippen LogP contribution in [0.25, 0.3) is 55.4 Å². The van der Waals surface area contributed by atoms with Gasteiger partial charge in [-0.05, 0) is 72.1 Å². The number of nitrogens with zero attached hydrogens (tertiary/aromatic N) is 1. The molecule has 2 nitrogen and oxygen atoms in total. The number of hydrogen-bond donors (Lipinski definition) is 0. The van der Waals surface area contributed by atoms with Crippen LogP contribution in [0.3, 0.4) is 0 Å². The second-order valence-corrected chi connectivity index (χ2v) is 8.21. The number of furan rings is 1. The molecule has 0 spiro atoms. The van der Waals surface area contributed by atoms with Crippen LogP contribution in [-0.2, 0) is 0 Å². The lowest BCUT2D eigenvalue weighted by molar-refractivity contribution is 0.667. The van der Waals surface area contributed by atoms with Crippen molar-refractivity contribution in [2.24, 2.45) is 0 Å². The molecule has 6 rings (SSSR count). The van der Waals surface area contributed by atoms with E-state index >= 15 is 0 Å². The summed E-state index contributed by atoms with van der Waals surface area (Å²) in [6.07, 6.45) is 1.07. The molecule has 0 aliphatic rings. The minimum atomic E-state index is -2.69. The van der Waals surface area contributed by atoms with Crippen molar-refractivity contribution in [1.82, 2.24) is 4.98 Å². The monoisotopic (exact) mass is 448 g/mol. The van der Waals surface area contributed by atoms with Gasteiger partial charge in [-0.25, -0.2) is 0 Å². The molecule has 0 radical (unpaired) electrons. The van der Waals surface area contributed by atoms with Crippen LogP contribution < -0.4 is 0 Å². The highest BCUT2D eigenvalue weighted by Gasteiger charge is 2.16. The molecule has 2 aromatic heterocycles. The molecule has 34 heavy (non-hydrogen) atoms. The maximum absolute atomic E-state index is 8.44. The van der Waals surface area contributed by atoms with Crippen molar-refractivity contribution in [3.05, 3.63) is 114 Å². The van der Waals surface area contributed by atoms with Crippen molar-refractivity contribution in [2.45, 2.75) is 20.6 Å². The summed E-state index contributed by atoms with van der Waals surface area (Å²) in [6, 6.07) is 27.6. The molecule has 0 amide bonds. The smallest absolute Gasteiger partial charge is 0.144 e. The lowest BCUT2D eigenvalue weighted by Crippen LogP contribution is -1.88. The fraction of sp³-hybridized carbons (Fsp3) is 0.0938. The lowest BCUT2D eigenvalue weighted by Gasteiger charge is -2.08. The molecule has 0 bridgehead atoms. The molecule has 0 fully saturated rings. The molecule has 164 valence electrons. The Hall–Kier alpha value is -4.17. The number of para-hydroxylation sites is 1. The standard InChI is InChI=1S/C32H25NO/c1-20-18-30(33-19-21(20)2)29-11-7-10-27-28-17-16-26(22(3)31(28)34-32(27)29)25-14-12-24(13-15-25)23-8-5-4-6-9-23/h4-19H,1-3H3/i1D3,2D3,3D3. The Morgan fingerprint density at radius 2 is 1.38 bits per heavy atom. The maximum Gasteiger partial charge on any atom is 0.144 e. The topological polar surface area (TPSA) is 26.0 Å². The summed E-state index contributed by atoms with van der Waals surface area (Å²) >= 11 is 0. The van der Waals surface area contributed by atoms with E-state index in [1.807, 2.05) is 60.7 Å². The summed E-state index contributed by atoms with van der Waals surface area (Å²) in [5, 5.41) is 1.21. The van der Waals surface area contributed by atoms with Gasteiger partial charge in [0.15, 0.2) is 0 Å². The van der Waals surface area contributed by atoms with Crippen LogP contribution in [0.1, 0.15) is 29.0 Å². The van der Waals surface area contributed by atoms with Crippen molar-refractivity contribution in [1.29, 1.82) is 0 Å². The van der Waals surface area contributed by atoms with Crippen molar-refractivity contribution >= 4 is 21.9 Å². The van der Waals surface area contributed by atoms with Gasteiger partial charge < -0.3 is 4.42 Å². The van der Waals surface area contributed by atoms with Crippen LogP contribution in [0.5, 0.6) is 0 Å². The van der Waals surface area contributed by atoms with E-state index in [1.54, 1.807) is 24.3 Å². The molecule has 0 atom stereocenters. The van der Waals surface area contributed by atoms with Crippen molar-refractivity contribution in [3.8, 4) is 33.5 Å². The molecule has 2 heteroatoms. The molecule has 2 heterocycles. The van der Waals surface area contributed by atoms with Gasteiger partial charge in [0.05, 0.1) is 5.69 Å². The van der Waals surface area contributed by atoms with Crippen LogP contribution in [0.4, 0.5) is 0 Å². The Balaban J connectivity index is 1.55. The van der Waals surface area contributed by atoms with Crippen LogP contribution in [0.15, 0.2) is 102 Å². The Kier molecular flexibility index (Phi) is 3.04. The third-order valence-electron chi connectivity index (χ3n) is 6.15. The lowest BCUT2D eigenvalue weighted by atomic mass is 9.96. The first-order valence-corrected chi connectivity index (χ1v) is 10.9. The third kappa shape index (κ3) is 3.31. The fourth-order valence-electron chi connectivity index (χ4n) is 4.38. The van der Waals surface area contributed by atoms with Crippen LogP contribution in [-0.4, -0.2) is 4.98 Å². The highest BCUT2D eigenvalue weighted by atomic mass is 16.3. The van der Waals surface area contributed by atoms with E-state index in [-0.39, 0.29) is 28.0 Å². The van der Waals surface area contributed by atoms with Crippen LogP contribution in [0, 0.1) is 20.6 Å². The van der Waals surface area contributed by atoms with Gasteiger partial charge in [0, 0.05) is 40.4 Å². The van der Waals surface area contributed by atoms with Gasteiger partial charge in [-0.2, -0.15) is 0 Å². The largest absolute Gasteiger partial charge is 0.455 e. The molecule has 0 aliphatic heterocycles. The molecule has 4 aromatic carbocycles. The quantitative estimate of drug-likeness (QED) is 0.270. The molecule has 0 aliphatic carbocycles. The molecule has 6 aromatic rings. The van der Waals surface area contributed by atoms with Gasteiger partial charge in [0.1, 0.15) is 11.2 Å². The van der Waals surface area contributed by atoms with Gasteiger partial charge in [-0.15, -0.1) is 0 Å². The number of rotatable bonds is 3. The Labute approximate surface area is 212 Å². The van der Waals surface area contributed by atoms with Gasteiger partial charge in [0.25, 0.3) is 0 Å². The van der Waals surface area contributed by atoms with Crippen LogP contribution >= 0.6 is 0 Å². The summed E-state index contributed by atoms with van der Waals surface area (Å²) in [5.74, 6) is 0. The molecule has 0 saturated carbocycles. The highest BCUT2D eigenvalue weighted by Crippen LogP contribution is 2.39. The zero-order chi connectivity index (χ0) is 30.7. The third-order valence-corrected chi connectivity index (χ3v) is 6.15. The second kappa shape index (κ2) is 8.00. The Morgan fingerprint density at radius 3 is 2.18 bits per heavy atom. The van der Waals surface area contributed by atoms with Crippen molar-refractivity contribution in [2.75, 3.05) is 0 Å². The second-order valence-electron chi connectivity index (χ2n) is 8.21. The average Bonchev–Trinajstić information content (AvgIpc) is 3.34. The molecular formula is C32H25NO. The first-order valence-electron chi connectivity index (χ1n) is 15.4. The zero-order valence-electron chi connectivity index (χ0n) is 27.1. The van der Waals surface area contributed by atoms with Gasteiger partial charge in [-0.1, -0.05) is 72.8 Å². The van der Waals surface area contributed by atoms with Crippen molar-refractivity contribution < 1.29 is 16.8 Å². The maximum atomic E-state index is 8.44. The zero-order valence-corrected chi connectivity index (χ0v) is 18.1. The van der Waals surface area contributed by atoms with Crippen molar-refractivity contribution in [3.63, 3.8) is 0 Å². The van der Waals surface area contributed by atoms with E-state index in [0.717, 1.165) is 22.9 Å². The number of pyridine rings is 1. The fourth-order valence-corrected chi connectivity index (χ4v) is 4.38.